The minimum atomic E-state index is -0.966. The van der Waals surface area contributed by atoms with Crippen LogP contribution in [0.25, 0.3) is 22.0 Å². The first-order valence-corrected chi connectivity index (χ1v) is 7.11. The number of carboxylic acids is 1. The second-order valence-electron chi connectivity index (χ2n) is 5.09. The van der Waals surface area contributed by atoms with Crippen molar-refractivity contribution in [3.63, 3.8) is 0 Å². The normalized spacial score (nSPS) is 10.9. The average Bonchev–Trinajstić information content (AvgIpc) is 2.49. The molecule has 22 heavy (non-hydrogen) atoms. The van der Waals surface area contributed by atoms with Crippen molar-refractivity contribution in [2.24, 2.45) is 0 Å². The Bertz CT molecular complexity index is 907. The minimum Gasteiger partial charge on any atom is -0.478 e. The van der Waals surface area contributed by atoms with Crippen LogP contribution in [0.3, 0.4) is 0 Å². The van der Waals surface area contributed by atoms with Gasteiger partial charge in [-0.2, -0.15) is 0 Å². The molecule has 0 aliphatic carbocycles. The molecule has 3 aromatic rings. The number of halogens is 1. The fourth-order valence-electron chi connectivity index (χ4n) is 2.54. The number of aromatic carboxylic acids is 1. The summed E-state index contributed by atoms with van der Waals surface area (Å²) in [6.45, 7) is 3.89. The molecule has 1 N–H and O–H groups in total. The monoisotopic (exact) mass is 312 g/mol. The predicted octanol–water partition coefficient (Wildman–Crippen LogP) is 4.27. The van der Waals surface area contributed by atoms with Gasteiger partial charge in [0.1, 0.15) is 0 Å². The third kappa shape index (κ3) is 2.31. The molecule has 2 aromatic heterocycles. The van der Waals surface area contributed by atoms with Crippen LogP contribution in [0.4, 0.5) is 0 Å². The molecular formula is C17H13ClN2O2. The maximum Gasteiger partial charge on any atom is 0.335 e. The summed E-state index contributed by atoms with van der Waals surface area (Å²) in [5.41, 5.74) is 4.56. The number of carbonyl (C=O) groups is 1. The van der Waals surface area contributed by atoms with Crippen LogP contribution in [0.1, 0.15) is 21.6 Å². The molecule has 0 amide bonds. The minimum absolute atomic E-state index is 0.226. The van der Waals surface area contributed by atoms with Crippen molar-refractivity contribution < 1.29 is 9.90 Å². The molecule has 0 saturated heterocycles. The zero-order chi connectivity index (χ0) is 15.9. The van der Waals surface area contributed by atoms with Crippen LogP contribution in [0.2, 0.25) is 5.02 Å². The fraction of sp³-hybridized carbons (Fsp3) is 0.118. The Hall–Kier alpha value is -2.46. The predicted molar refractivity (Wildman–Crippen MR) is 86.4 cm³/mol. The maximum absolute atomic E-state index is 11.3. The van der Waals surface area contributed by atoms with Crippen molar-refractivity contribution in [3.8, 4) is 11.1 Å². The topological polar surface area (TPSA) is 63.1 Å². The van der Waals surface area contributed by atoms with E-state index in [4.69, 9.17) is 11.6 Å². The van der Waals surface area contributed by atoms with Gasteiger partial charge in [-0.3, -0.25) is 9.97 Å². The van der Waals surface area contributed by atoms with Crippen molar-refractivity contribution >= 4 is 28.5 Å². The first-order valence-electron chi connectivity index (χ1n) is 6.73. The number of benzene rings is 1. The highest BCUT2D eigenvalue weighted by Crippen LogP contribution is 2.36. The summed E-state index contributed by atoms with van der Waals surface area (Å²) in [5, 5.41) is 10.5. The summed E-state index contributed by atoms with van der Waals surface area (Å²) >= 11 is 6.29. The lowest BCUT2D eigenvalue weighted by Crippen LogP contribution is -1.99. The van der Waals surface area contributed by atoms with E-state index in [9.17, 15) is 9.90 Å². The van der Waals surface area contributed by atoms with E-state index in [1.807, 2.05) is 19.9 Å². The standard InChI is InChI=1S/C17H13ClN2O2/c1-9-10(2)20-15-4-3-11(17(21)22)7-13(15)16(9)12-5-6-19-8-14(12)18/h3-8H,1-2H3,(H,21,22). The smallest absolute Gasteiger partial charge is 0.335 e. The average molecular weight is 313 g/mol. The largest absolute Gasteiger partial charge is 0.478 e. The van der Waals surface area contributed by atoms with Crippen molar-refractivity contribution in [2.75, 3.05) is 0 Å². The van der Waals surface area contributed by atoms with E-state index in [1.54, 1.807) is 30.6 Å². The molecule has 110 valence electrons. The van der Waals surface area contributed by atoms with Crippen LogP contribution in [0.5, 0.6) is 0 Å². The van der Waals surface area contributed by atoms with E-state index in [0.717, 1.165) is 33.3 Å². The zero-order valence-electron chi connectivity index (χ0n) is 12.1. The summed E-state index contributed by atoms with van der Waals surface area (Å²) in [4.78, 5) is 19.8. The van der Waals surface area contributed by atoms with Gasteiger partial charge in [-0.15, -0.1) is 0 Å². The van der Waals surface area contributed by atoms with Gasteiger partial charge >= 0.3 is 5.97 Å². The molecule has 3 rings (SSSR count). The van der Waals surface area contributed by atoms with Gasteiger partial charge in [-0.1, -0.05) is 11.6 Å². The Morgan fingerprint density at radius 3 is 2.68 bits per heavy atom. The van der Waals surface area contributed by atoms with E-state index in [2.05, 4.69) is 9.97 Å². The molecule has 0 bridgehead atoms. The fourth-order valence-corrected chi connectivity index (χ4v) is 2.75. The van der Waals surface area contributed by atoms with Gasteiger partial charge in [-0.05, 0) is 49.2 Å². The van der Waals surface area contributed by atoms with Crippen molar-refractivity contribution in [2.45, 2.75) is 13.8 Å². The lowest BCUT2D eigenvalue weighted by molar-refractivity contribution is 0.0697. The highest BCUT2D eigenvalue weighted by molar-refractivity contribution is 6.33. The molecule has 0 radical (unpaired) electrons. The molecule has 0 saturated carbocycles. The lowest BCUT2D eigenvalue weighted by atomic mass is 9.95. The Morgan fingerprint density at radius 1 is 1.23 bits per heavy atom. The molecule has 0 spiro atoms. The van der Waals surface area contributed by atoms with Gasteiger partial charge in [-0.25, -0.2) is 4.79 Å². The van der Waals surface area contributed by atoms with Crippen LogP contribution >= 0.6 is 11.6 Å². The molecule has 5 heteroatoms. The van der Waals surface area contributed by atoms with E-state index >= 15 is 0 Å². The maximum atomic E-state index is 11.3. The number of rotatable bonds is 2. The van der Waals surface area contributed by atoms with Gasteiger partial charge in [0.05, 0.1) is 16.1 Å². The molecular weight excluding hydrogens is 300 g/mol. The van der Waals surface area contributed by atoms with E-state index in [0.29, 0.717) is 5.02 Å². The highest BCUT2D eigenvalue weighted by atomic mass is 35.5. The summed E-state index contributed by atoms with van der Waals surface area (Å²) in [7, 11) is 0. The molecule has 0 unspecified atom stereocenters. The summed E-state index contributed by atoms with van der Waals surface area (Å²) < 4.78 is 0. The third-order valence-corrected chi connectivity index (χ3v) is 4.06. The van der Waals surface area contributed by atoms with E-state index in [-0.39, 0.29) is 5.56 Å². The molecule has 1 aromatic carbocycles. The third-order valence-electron chi connectivity index (χ3n) is 3.76. The zero-order valence-corrected chi connectivity index (χ0v) is 12.8. The molecule has 2 heterocycles. The van der Waals surface area contributed by atoms with Gasteiger partial charge in [0, 0.05) is 29.0 Å². The Balaban J connectivity index is 2.45. The van der Waals surface area contributed by atoms with Crippen LogP contribution in [-0.4, -0.2) is 21.0 Å². The van der Waals surface area contributed by atoms with E-state index < -0.39 is 5.97 Å². The number of aromatic nitrogens is 2. The van der Waals surface area contributed by atoms with E-state index in [1.165, 1.54) is 0 Å². The first-order chi connectivity index (χ1) is 10.5. The number of aryl methyl sites for hydroxylation is 1. The Labute approximate surface area is 132 Å². The number of carboxylic acid groups (broad SMARTS) is 1. The lowest BCUT2D eigenvalue weighted by Gasteiger charge is -2.14. The second-order valence-corrected chi connectivity index (χ2v) is 5.50. The number of hydrogen-bond donors (Lipinski definition) is 1. The number of fused-ring (bicyclic) bond motifs is 1. The Kier molecular flexibility index (Phi) is 3.54. The molecule has 0 fully saturated rings. The molecule has 0 aliphatic rings. The molecule has 0 atom stereocenters. The van der Waals surface area contributed by atoms with Crippen LogP contribution in [-0.2, 0) is 0 Å². The van der Waals surface area contributed by atoms with Crippen LogP contribution in [0.15, 0.2) is 36.7 Å². The summed E-state index contributed by atoms with van der Waals surface area (Å²) in [5.74, 6) is -0.966. The number of hydrogen-bond acceptors (Lipinski definition) is 3. The van der Waals surface area contributed by atoms with Crippen LogP contribution < -0.4 is 0 Å². The Morgan fingerprint density at radius 2 is 2.00 bits per heavy atom. The second kappa shape index (κ2) is 5.39. The van der Waals surface area contributed by atoms with Crippen molar-refractivity contribution in [1.29, 1.82) is 0 Å². The van der Waals surface area contributed by atoms with Gasteiger partial charge in [0.25, 0.3) is 0 Å². The van der Waals surface area contributed by atoms with Gasteiger partial charge in [0.15, 0.2) is 0 Å². The number of nitrogens with zero attached hydrogens (tertiary/aromatic N) is 2. The first kappa shape index (κ1) is 14.5. The number of pyridine rings is 2. The molecule has 0 aliphatic heterocycles. The quantitative estimate of drug-likeness (QED) is 0.767. The van der Waals surface area contributed by atoms with Crippen molar-refractivity contribution in [3.05, 3.63) is 58.5 Å². The SMILES string of the molecule is Cc1nc2ccc(C(=O)O)cc2c(-c2ccncc2Cl)c1C. The van der Waals surface area contributed by atoms with Gasteiger partial charge < -0.3 is 5.11 Å². The summed E-state index contributed by atoms with van der Waals surface area (Å²) in [6, 6.07) is 6.76. The van der Waals surface area contributed by atoms with Crippen molar-refractivity contribution in [1.82, 2.24) is 9.97 Å². The van der Waals surface area contributed by atoms with Gasteiger partial charge in [0.2, 0.25) is 0 Å². The van der Waals surface area contributed by atoms with Crippen LogP contribution in [0, 0.1) is 13.8 Å². The summed E-state index contributed by atoms with van der Waals surface area (Å²) in [6.07, 6.45) is 3.25. The highest BCUT2D eigenvalue weighted by Gasteiger charge is 2.15. The molecule has 4 nitrogen and oxygen atoms in total.